The Morgan fingerprint density at radius 3 is 2.52 bits per heavy atom. The largest absolute Gasteiger partial charge is 0.497 e. The maximum atomic E-state index is 5.53. The molecular formula is C20H32N2O. The van der Waals surface area contributed by atoms with E-state index in [-0.39, 0.29) is 5.41 Å². The highest BCUT2D eigenvalue weighted by Gasteiger charge is 2.47. The number of hydrogen-bond donors (Lipinski definition) is 0. The first kappa shape index (κ1) is 16.8. The van der Waals surface area contributed by atoms with Crippen LogP contribution in [-0.2, 0) is 5.41 Å². The van der Waals surface area contributed by atoms with Gasteiger partial charge in [0.2, 0.25) is 0 Å². The molecule has 2 unspecified atom stereocenters. The van der Waals surface area contributed by atoms with Crippen molar-refractivity contribution in [2.24, 2.45) is 0 Å². The summed E-state index contributed by atoms with van der Waals surface area (Å²) in [5.41, 5.74) is 3.07. The number of piperidine rings is 1. The average Bonchev–Trinajstić information content (AvgIpc) is 3.06. The number of ether oxygens (including phenoxy) is 1. The van der Waals surface area contributed by atoms with E-state index < -0.39 is 0 Å². The van der Waals surface area contributed by atoms with Gasteiger partial charge in [-0.05, 0) is 83.1 Å². The lowest BCUT2D eigenvalue weighted by Crippen LogP contribution is -2.62. The first-order valence-electron chi connectivity index (χ1n) is 9.07. The Kier molecular flexibility index (Phi) is 4.70. The zero-order chi connectivity index (χ0) is 16.6. The molecule has 0 amide bonds. The number of benzene rings is 1. The Bertz CT molecular complexity index is 551. The van der Waals surface area contributed by atoms with Crippen molar-refractivity contribution in [3.63, 3.8) is 0 Å². The van der Waals surface area contributed by atoms with Gasteiger partial charge in [0.25, 0.3) is 0 Å². The summed E-state index contributed by atoms with van der Waals surface area (Å²) in [6, 6.07) is 7.76. The van der Waals surface area contributed by atoms with E-state index in [2.05, 4.69) is 55.8 Å². The second kappa shape index (κ2) is 6.45. The molecule has 3 nitrogen and oxygen atoms in total. The van der Waals surface area contributed by atoms with Gasteiger partial charge in [-0.15, -0.1) is 0 Å². The van der Waals surface area contributed by atoms with Crippen LogP contribution in [-0.4, -0.2) is 55.7 Å². The second-order valence-electron chi connectivity index (χ2n) is 7.76. The lowest BCUT2D eigenvalue weighted by atomic mass is 9.66. The van der Waals surface area contributed by atoms with Crippen molar-refractivity contribution in [2.45, 2.75) is 57.5 Å². The number of aryl methyl sites for hydroxylation is 1. The molecule has 3 atom stereocenters. The van der Waals surface area contributed by atoms with Crippen LogP contribution in [0.2, 0.25) is 0 Å². The van der Waals surface area contributed by atoms with Crippen LogP contribution in [0.1, 0.15) is 44.2 Å². The van der Waals surface area contributed by atoms with E-state index >= 15 is 0 Å². The summed E-state index contributed by atoms with van der Waals surface area (Å²) in [5.74, 6) is 0.985. The molecule has 0 radical (unpaired) electrons. The summed E-state index contributed by atoms with van der Waals surface area (Å²) in [4.78, 5) is 5.29. The second-order valence-corrected chi connectivity index (χ2v) is 7.76. The average molecular weight is 316 g/mol. The predicted octanol–water partition coefficient (Wildman–Crippen LogP) is 3.45. The Hall–Kier alpha value is -1.06. The highest BCUT2D eigenvalue weighted by atomic mass is 16.5. The smallest absolute Gasteiger partial charge is 0.119 e. The van der Waals surface area contributed by atoms with Gasteiger partial charge in [-0.2, -0.15) is 0 Å². The van der Waals surface area contributed by atoms with Gasteiger partial charge in [-0.25, -0.2) is 0 Å². The fourth-order valence-corrected chi connectivity index (χ4v) is 4.90. The highest BCUT2D eigenvalue weighted by Crippen LogP contribution is 2.43. The van der Waals surface area contributed by atoms with E-state index in [1.54, 1.807) is 7.11 Å². The topological polar surface area (TPSA) is 15.7 Å². The summed E-state index contributed by atoms with van der Waals surface area (Å²) in [7, 11) is 4.05. The van der Waals surface area contributed by atoms with E-state index in [1.165, 1.54) is 50.0 Å². The molecule has 2 fully saturated rings. The predicted molar refractivity (Wildman–Crippen MR) is 96.4 cm³/mol. The van der Waals surface area contributed by atoms with E-state index in [0.29, 0.717) is 12.1 Å². The monoisotopic (exact) mass is 316 g/mol. The van der Waals surface area contributed by atoms with Crippen LogP contribution in [0.15, 0.2) is 18.2 Å². The van der Waals surface area contributed by atoms with Gasteiger partial charge in [-0.3, -0.25) is 4.90 Å². The summed E-state index contributed by atoms with van der Waals surface area (Å²) in [6.45, 7) is 10.8. The van der Waals surface area contributed by atoms with Crippen LogP contribution in [0.5, 0.6) is 5.75 Å². The van der Waals surface area contributed by atoms with Gasteiger partial charge in [0.15, 0.2) is 0 Å². The van der Waals surface area contributed by atoms with Crippen molar-refractivity contribution in [2.75, 3.05) is 33.8 Å². The van der Waals surface area contributed by atoms with Gasteiger partial charge in [0, 0.05) is 17.5 Å². The first-order chi connectivity index (χ1) is 11.0. The third kappa shape index (κ3) is 2.89. The Labute approximate surface area is 141 Å². The number of likely N-dealkylation sites (tertiary alicyclic amines) is 2. The molecular weight excluding hydrogens is 284 g/mol. The molecule has 2 heterocycles. The minimum atomic E-state index is 0.189. The zero-order valence-corrected chi connectivity index (χ0v) is 15.4. The molecule has 0 aromatic heterocycles. The van der Waals surface area contributed by atoms with E-state index in [1.807, 2.05) is 0 Å². The van der Waals surface area contributed by atoms with Crippen LogP contribution in [0.4, 0.5) is 0 Å². The fraction of sp³-hybridized carbons (Fsp3) is 0.700. The number of nitrogens with zero attached hydrogens (tertiary/aromatic N) is 2. The molecule has 3 heteroatoms. The maximum Gasteiger partial charge on any atom is 0.119 e. The highest BCUT2D eigenvalue weighted by molar-refractivity contribution is 5.41. The van der Waals surface area contributed by atoms with Crippen molar-refractivity contribution in [1.29, 1.82) is 0 Å². The van der Waals surface area contributed by atoms with Crippen LogP contribution >= 0.6 is 0 Å². The third-order valence-electron chi connectivity index (χ3n) is 6.38. The quantitative estimate of drug-likeness (QED) is 0.849. The molecule has 1 aromatic rings. The Morgan fingerprint density at radius 2 is 1.87 bits per heavy atom. The molecule has 128 valence electrons. The number of hydrogen-bond acceptors (Lipinski definition) is 3. The number of methoxy groups -OCH3 is 1. The molecule has 3 rings (SSSR count). The molecule has 2 aliphatic rings. The molecule has 0 spiro atoms. The summed E-state index contributed by atoms with van der Waals surface area (Å²) >= 11 is 0. The standard InChI is InChI=1S/C20H32N2O/c1-15-8-9-17(23-5)14-18(15)20(3)10-13-21(4)16(2)19(20)22-11-6-7-12-22/h8-9,14,16,19H,6-7,10-13H2,1-5H3/t16?,19?,20-/m0/s1. The molecule has 0 bridgehead atoms. The zero-order valence-electron chi connectivity index (χ0n) is 15.4. The van der Waals surface area contributed by atoms with E-state index in [4.69, 9.17) is 4.74 Å². The minimum absolute atomic E-state index is 0.189. The summed E-state index contributed by atoms with van der Waals surface area (Å²) < 4.78 is 5.53. The van der Waals surface area contributed by atoms with Crippen molar-refractivity contribution in [1.82, 2.24) is 9.80 Å². The minimum Gasteiger partial charge on any atom is -0.497 e. The summed E-state index contributed by atoms with van der Waals surface area (Å²) in [6.07, 6.45) is 3.91. The molecule has 2 aliphatic heterocycles. The first-order valence-corrected chi connectivity index (χ1v) is 9.07. The summed E-state index contributed by atoms with van der Waals surface area (Å²) in [5, 5.41) is 0. The number of likely N-dealkylation sites (N-methyl/N-ethyl adjacent to an activating group) is 1. The van der Waals surface area contributed by atoms with Crippen LogP contribution in [0, 0.1) is 6.92 Å². The fourth-order valence-electron chi connectivity index (χ4n) is 4.90. The van der Waals surface area contributed by atoms with Gasteiger partial charge in [-0.1, -0.05) is 13.0 Å². The van der Waals surface area contributed by atoms with E-state index in [0.717, 1.165) is 5.75 Å². The van der Waals surface area contributed by atoms with Gasteiger partial charge in [0.1, 0.15) is 5.75 Å². The van der Waals surface area contributed by atoms with Crippen molar-refractivity contribution in [3.05, 3.63) is 29.3 Å². The molecule has 0 N–H and O–H groups in total. The molecule has 2 saturated heterocycles. The normalized spacial score (nSPS) is 33.1. The molecule has 0 saturated carbocycles. The Morgan fingerprint density at radius 1 is 1.17 bits per heavy atom. The molecule has 1 aromatic carbocycles. The van der Waals surface area contributed by atoms with Crippen LogP contribution in [0.3, 0.4) is 0 Å². The number of rotatable bonds is 3. The van der Waals surface area contributed by atoms with Gasteiger partial charge >= 0.3 is 0 Å². The van der Waals surface area contributed by atoms with Crippen molar-refractivity contribution >= 4 is 0 Å². The molecule has 0 aliphatic carbocycles. The van der Waals surface area contributed by atoms with Crippen LogP contribution in [0.25, 0.3) is 0 Å². The van der Waals surface area contributed by atoms with E-state index in [9.17, 15) is 0 Å². The Balaban J connectivity index is 2.05. The van der Waals surface area contributed by atoms with Crippen molar-refractivity contribution in [3.8, 4) is 5.75 Å². The van der Waals surface area contributed by atoms with Gasteiger partial charge < -0.3 is 9.64 Å². The van der Waals surface area contributed by atoms with Crippen LogP contribution < -0.4 is 4.74 Å². The third-order valence-corrected chi connectivity index (χ3v) is 6.38. The van der Waals surface area contributed by atoms with Gasteiger partial charge in [0.05, 0.1) is 7.11 Å². The SMILES string of the molecule is COc1ccc(C)c([C@]2(C)CCN(C)C(C)C2N2CCCC2)c1. The van der Waals surface area contributed by atoms with Crippen molar-refractivity contribution < 1.29 is 4.74 Å². The lowest BCUT2D eigenvalue weighted by molar-refractivity contribution is 0.0190. The lowest BCUT2D eigenvalue weighted by Gasteiger charge is -2.53. The molecule has 23 heavy (non-hydrogen) atoms. The maximum absolute atomic E-state index is 5.53.